The second-order valence-electron chi connectivity index (χ2n) is 4.14. The first-order valence-corrected chi connectivity index (χ1v) is 6.51. The molecule has 3 heteroatoms. The number of aryl methyl sites for hydroxylation is 1. The van der Waals surface area contributed by atoms with E-state index in [2.05, 4.69) is 35.3 Å². The van der Waals surface area contributed by atoms with Crippen LogP contribution < -0.4 is 0 Å². The van der Waals surface area contributed by atoms with E-state index in [1.165, 1.54) is 22.1 Å². The van der Waals surface area contributed by atoms with E-state index in [1.54, 1.807) is 0 Å². The maximum atomic E-state index is 10.8. The molecule has 0 aliphatic rings. The van der Waals surface area contributed by atoms with Gasteiger partial charge in [0.1, 0.15) is 0 Å². The second-order valence-corrected chi connectivity index (χ2v) is 5.37. The van der Waals surface area contributed by atoms with Crippen molar-refractivity contribution in [1.29, 1.82) is 0 Å². The molecule has 3 rings (SSSR count). The lowest BCUT2D eigenvalue weighted by Crippen LogP contribution is -1.83. The van der Waals surface area contributed by atoms with Gasteiger partial charge in [0.2, 0.25) is 0 Å². The SMILES string of the molecule is Cc1sc(C=O)nc1-c1ccc2ccccc2c1. The fourth-order valence-corrected chi connectivity index (χ4v) is 2.83. The van der Waals surface area contributed by atoms with Gasteiger partial charge in [-0.15, -0.1) is 11.3 Å². The molecular weight excluding hydrogens is 242 g/mol. The molecular formula is C15H11NOS. The third-order valence-corrected chi connectivity index (χ3v) is 3.83. The number of carbonyl (C=O) groups excluding carboxylic acids is 1. The molecule has 0 bridgehead atoms. The highest BCUT2D eigenvalue weighted by Gasteiger charge is 2.09. The number of benzene rings is 2. The van der Waals surface area contributed by atoms with Crippen molar-refractivity contribution in [2.75, 3.05) is 0 Å². The van der Waals surface area contributed by atoms with E-state index in [0.717, 1.165) is 22.4 Å². The van der Waals surface area contributed by atoms with Gasteiger partial charge < -0.3 is 0 Å². The van der Waals surface area contributed by atoms with Crippen LogP contribution in [-0.2, 0) is 0 Å². The van der Waals surface area contributed by atoms with Crippen LogP contribution in [0.25, 0.3) is 22.0 Å². The molecule has 0 unspecified atom stereocenters. The van der Waals surface area contributed by atoms with Gasteiger partial charge in [0.05, 0.1) is 5.69 Å². The zero-order valence-corrected chi connectivity index (χ0v) is 10.7. The van der Waals surface area contributed by atoms with Gasteiger partial charge in [-0.2, -0.15) is 0 Å². The summed E-state index contributed by atoms with van der Waals surface area (Å²) >= 11 is 1.44. The number of nitrogens with zero attached hydrogens (tertiary/aromatic N) is 1. The topological polar surface area (TPSA) is 30.0 Å². The summed E-state index contributed by atoms with van der Waals surface area (Å²) in [5.74, 6) is 0. The fraction of sp³-hybridized carbons (Fsp3) is 0.0667. The van der Waals surface area contributed by atoms with E-state index in [1.807, 2.05) is 19.1 Å². The first-order chi connectivity index (χ1) is 8.78. The standard InChI is InChI=1S/C15H11NOS/c1-10-15(16-14(9-17)18-10)13-7-6-11-4-2-3-5-12(11)8-13/h2-9H,1H3. The molecule has 2 nitrogen and oxygen atoms in total. The van der Waals surface area contributed by atoms with E-state index in [-0.39, 0.29) is 0 Å². The highest BCUT2D eigenvalue weighted by atomic mass is 32.1. The zero-order chi connectivity index (χ0) is 12.5. The molecule has 18 heavy (non-hydrogen) atoms. The number of hydrogen-bond acceptors (Lipinski definition) is 3. The van der Waals surface area contributed by atoms with Crippen molar-refractivity contribution in [3.05, 3.63) is 52.3 Å². The summed E-state index contributed by atoms with van der Waals surface area (Å²) < 4.78 is 0. The summed E-state index contributed by atoms with van der Waals surface area (Å²) in [6, 6.07) is 14.5. The van der Waals surface area contributed by atoms with E-state index < -0.39 is 0 Å². The number of thiazole rings is 1. The Morgan fingerprint density at radius 1 is 1.11 bits per heavy atom. The van der Waals surface area contributed by atoms with Crippen molar-refractivity contribution >= 4 is 28.4 Å². The van der Waals surface area contributed by atoms with E-state index >= 15 is 0 Å². The molecule has 0 saturated heterocycles. The number of fused-ring (bicyclic) bond motifs is 1. The van der Waals surface area contributed by atoms with Crippen molar-refractivity contribution in [3.8, 4) is 11.3 Å². The van der Waals surface area contributed by atoms with Gasteiger partial charge >= 0.3 is 0 Å². The minimum Gasteiger partial charge on any atom is -0.295 e. The van der Waals surface area contributed by atoms with Crippen molar-refractivity contribution in [1.82, 2.24) is 4.98 Å². The Morgan fingerprint density at radius 3 is 2.61 bits per heavy atom. The summed E-state index contributed by atoms with van der Waals surface area (Å²) in [7, 11) is 0. The van der Waals surface area contributed by atoms with Crippen molar-refractivity contribution in [2.45, 2.75) is 6.92 Å². The summed E-state index contributed by atoms with van der Waals surface area (Å²) in [6.45, 7) is 2.00. The van der Waals surface area contributed by atoms with Gasteiger partial charge in [-0.05, 0) is 23.8 Å². The minimum absolute atomic E-state index is 0.538. The summed E-state index contributed by atoms with van der Waals surface area (Å²) in [6.07, 6.45) is 0.808. The van der Waals surface area contributed by atoms with E-state index in [4.69, 9.17) is 0 Å². The molecule has 0 radical (unpaired) electrons. The van der Waals surface area contributed by atoms with Crippen LogP contribution in [-0.4, -0.2) is 11.3 Å². The molecule has 88 valence electrons. The largest absolute Gasteiger partial charge is 0.295 e. The molecule has 2 aromatic carbocycles. The first kappa shape index (κ1) is 11.1. The third-order valence-electron chi connectivity index (χ3n) is 2.94. The molecule has 1 heterocycles. The molecule has 0 aliphatic heterocycles. The van der Waals surface area contributed by atoms with Gasteiger partial charge in [-0.25, -0.2) is 4.98 Å². The van der Waals surface area contributed by atoms with Gasteiger partial charge in [0.25, 0.3) is 0 Å². The molecule has 3 aromatic rings. The lowest BCUT2D eigenvalue weighted by Gasteiger charge is -2.02. The highest BCUT2D eigenvalue weighted by Crippen LogP contribution is 2.29. The normalized spacial score (nSPS) is 10.7. The number of aldehydes is 1. The Bertz CT molecular complexity index is 730. The van der Waals surface area contributed by atoms with Crippen molar-refractivity contribution in [2.24, 2.45) is 0 Å². The van der Waals surface area contributed by atoms with Crippen LogP contribution >= 0.6 is 11.3 Å². The van der Waals surface area contributed by atoms with Gasteiger partial charge in [-0.3, -0.25) is 4.79 Å². The monoisotopic (exact) mass is 253 g/mol. The van der Waals surface area contributed by atoms with Crippen LogP contribution in [0.4, 0.5) is 0 Å². The molecule has 0 saturated carbocycles. The number of hydrogen-bond donors (Lipinski definition) is 0. The molecule has 1 aromatic heterocycles. The quantitative estimate of drug-likeness (QED) is 0.644. The molecule has 0 spiro atoms. The predicted octanol–water partition coefficient (Wildman–Crippen LogP) is 4.08. The summed E-state index contributed by atoms with van der Waals surface area (Å²) in [5, 5.41) is 2.94. The number of carbonyl (C=O) groups is 1. The third kappa shape index (κ3) is 1.83. The van der Waals surface area contributed by atoms with Crippen molar-refractivity contribution < 1.29 is 4.79 Å². The fourth-order valence-electron chi connectivity index (χ4n) is 2.07. The molecule has 0 atom stereocenters. The lowest BCUT2D eigenvalue weighted by molar-refractivity contribution is 0.112. The van der Waals surface area contributed by atoms with Crippen LogP contribution in [0.15, 0.2) is 42.5 Å². The van der Waals surface area contributed by atoms with E-state index in [0.29, 0.717) is 5.01 Å². The molecule has 0 amide bonds. The van der Waals surface area contributed by atoms with Crippen LogP contribution in [0.2, 0.25) is 0 Å². The van der Waals surface area contributed by atoms with Gasteiger partial charge in [0, 0.05) is 10.4 Å². The maximum Gasteiger partial charge on any atom is 0.178 e. The Kier molecular flexibility index (Phi) is 2.68. The maximum absolute atomic E-state index is 10.8. The second kappa shape index (κ2) is 4.35. The van der Waals surface area contributed by atoms with Crippen LogP contribution in [0, 0.1) is 6.92 Å². The Hall–Kier alpha value is -2.00. The first-order valence-electron chi connectivity index (χ1n) is 5.70. The minimum atomic E-state index is 0.538. The number of rotatable bonds is 2. The Balaban J connectivity index is 2.18. The summed E-state index contributed by atoms with van der Waals surface area (Å²) in [5.41, 5.74) is 1.98. The average Bonchev–Trinajstić information content (AvgIpc) is 2.79. The smallest absolute Gasteiger partial charge is 0.178 e. The highest BCUT2D eigenvalue weighted by molar-refractivity contribution is 7.13. The van der Waals surface area contributed by atoms with Crippen LogP contribution in [0.3, 0.4) is 0 Å². The average molecular weight is 253 g/mol. The van der Waals surface area contributed by atoms with Gasteiger partial charge in [-0.1, -0.05) is 36.4 Å². The summed E-state index contributed by atoms with van der Waals surface area (Å²) in [4.78, 5) is 16.2. The molecule has 0 aliphatic carbocycles. The van der Waals surface area contributed by atoms with Crippen molar-refractivity contribution in [3.63, 3.8) is 0 Å². The zero-order valence-electron chi connectivity index (χ0n) is 9.88. The Morgan fingerprint density at radius 2 is 1.89 bits per heavy atom. The number of aromatic nitrogens is 1. The lowest BCUT2D eigenvalue weighted by atomic mass is 10.0. The predicted molar refractivity (Wildman–Crippen MR) is 75.2 cm³/mol. The molecule has 0 fully saturated rings. The van der Waals surface area contributed by atoms with Gasteiger partial charge in [0.15, 0.2) is 11.3 Å². The molecule has 0 N–H and O–H groups in total. The van der Waals surface area contributed by atoms with E-state index in [9.17, 15) is 4.79 Å². The van der Waals surface area contributed by atoms with Crippen LogP contribution in [0.1, 0.15) is 14.7 Å². The Labute approximate surface area is 109 Å². The van der Waals surface area contributed by atoms with Crippen LogP contribution in [0.5, 0.6) is 0 Å².